The Morgan fingerprint density at radius 2 is 1.89 bits per heavy atom. The first-order valence-corrected chi connectivity index (χ1v) is 13.4. The molecule has 5 rings (SSSR count). The summed E-state index contributed by atoms with van der Waals surface area (Å²) in [6, 6.07) is 3.75. The van der Waals surface area contributed by atoms with Gasteiger partial charge in [-0.25, -0.2) is 0 Å². The Kier molecular flexibility index (Phi) is 6.58. The lowest BCUT2D eigenvalue weighted by atomic mass is 9.46. The Morgan fingerprint density at radius 3 is 2.66 bits per heavy atom. The molecule has 1 amide bonds. The summed E-state index contributed by atoms with van der Waals surface area (Å²) in [5.74, 6) is 2.62. The predicted molar refractivity (Wildman–Crippen MR) is 135 cm³/mol. The maximum absolute atomic E-state index is 12.4. The molecule has 4 aliphatic rings. The van der Waals surface area contributed by atoms with Gasteiger partial charge in [0.05, 0.1) is 5.71 Å². The molecule has 1 aromatic rings. The lowest BCUT2D eigenvalue weighted by Crippen LogP contribution is -2.51. The van der Waals surface area contributed by atoms with Crippen LogP contribution in [0.25, 0.3) is 0 Å². The van der Waals surface area contributed by atoms with Crippen molar-refractivity contribution >= 4 is 17.4 Å². The van der Waals surface area contributed by atoms with E-state index < -0.39 is 0 Å². The summed E-state index contributed by atoms with van der Waals surface area (Å²) in [4.78, 5) is 33.9. The highest BCUT2D eigenvalue weighted by molar-refractivity contribution is 5.96. The van der Waals surface area contributed by atoms with Gasteiger partial charge < -0.3 is 10.2 Å². The lowest BCUT2D eigenvalue weighted by Gasteiger charge is -2.58. The van der Waals surface area contributed by atoms with Crippen molar-refractivity contribution in [2.24, 2.45) is 39.7 Å². The van der Waals surface area contributed by atoms with Gasteiger partial charge in [0, 0.05) is 24.9 Å². The number of oxime groups is 1. The monoisotopic (exact) mass is 477 g/mol. The Morgan fingerprint density at radius 1 is 1.09 bits per heavy atom. The average Bonchev–Trinajstić information content (AvgIpc) is 3.21. The molecule has 0 unspecified atom stereocenters. The second-order valence-corrected chi connectivity index (χ2v) is 11.8. The van der Waals surface area contributed by atoms with Crippen LogP contribution in [0.5, 0.6) is 0 Å². The molecule has 1 N–H and O–H groups in total. The summed E-state index contributed by atoms with van der Waals surface area (Å²) in [6.07, 6.45) is 14.7. The van der Waals surface area contributed by atoms with E-state index >= 15 is 0 Å². The van der Waals surface area contributed by atoms with Crippen molar-refractivity contribution in [2.75, 3.05) is 6.61 Å². The highest BCUT2D eigenvalue weighted by Gasteiger charge is 2.59. The van der Waals surface area contributed by atoms with E-state index in [1.165, 1.54) is 31.3 Å². The zero-order valence-corrected chi connectivity index (χ0v) is 21.4. The minimum Gasteiger partial charge on any atom is -0.385 e. The standard InChI is InChI=1S/C29H39N3O3/c1-19(33)24-6-7-25-23-5-4-21-16-22(8-12-28(21,2)26(23)9-13-29(24,25)3)32-35-18-27(34)31-17-20-10-14-30-15-11-20/h10-11,14-16,23-26H,4-9,12-13,17-18H2,1-3H3,(H,31,34)/b32-22-/t23-,24+,25-,26-,28-,29+/m0/s1. The Bertz CT molecular complexity index is 1030. The second-order valence-electron chi connectivity index (χ2n) is 11.8. The van der Waals surface area contributed by atoms with E-state index in [4.69, 9.17) is 4.84 Å². The van der Waals surface area contributed by atoms with Gasteiger partial charge in [-0.3, -0.25) is 14.6 Å². The van der Waals surface area contributed by atoms with Gasteiger partial charge in [0.25, 0.3) is 5.91 Å². The minimum absolute atomic E-state index is 0.0721. The van der Waals surface area contributed by atoms with Crippen LogP contribution >= 0.6 is 0 Å². The van der Waals surface area contributed by atoms with Crippen LogP contribution in [0.1, 0.15) is 77.7 Å². The number of carbonyl (C=O) groups is 2. The number of fused-ring (bicyclic) bond motifs is 5. The van der Waals surface area contributed by atoms with Crippen LogP contribution in [-0.2, 0) is 21.0 Å². The number of aromatic nitrogens is 1. The van der Waals surface area contributed by atoms with Gasteiger partial charge in [-0.2, -0.15) is 0 Å². The molecule has 188 valence electrons. The second kappa shape index (κ2) is 9.51. The third kappa shape index (κ3) is 4.45. The molecule has 3 saturated carbocycles. The molecule has 0 aromatic carbocycles. The molecule has 4 aliphatic carbocycles. The van der Waals surface area contributed by atoms with E-state index in [1.54, 1.807) is 12.4 Å². The molecule has 6 atom stereocenters. The van der Waals surface area contributed by atoms with Crippen molar-refractivity contribution in [2.45, 2.75) is 78.7 Å². The summed E-state index contributed by atoms with van der Waals surface area (Å²) in [7, 11) is 0. The number of hydrogen-bond donors (Lipinski definition) is 1. The van der Waals surface area contributed by atoms with Gasteiger partial charge >= 0.3 is 0 Å². The molecular formula is C29H39N3O3. The molecule has 0 spiro atoms. The van der Waals surface area contributed by atoms with E-state index in [0.29, 0.717) is 24.2 Å². The number of Topliss-reactive ketones (excluding diaryl/α,β-unsaturated/α-hetero) is 1. The van der Waals surface area contributed by atoms with Gasteiger partial charge in [0.15, 0.2) is 6.61 Å². The number of ketones is 1. The number of pyridine rings is 1. The zero-order valence-electron chi connectivity index (χ0n) is 21.4. The van der Waals surface area contributed by atoms with Crippen molar-refractivity contribution in [3.63, 3.8) is 0 Å². The SMILES string of the molecule is CC(=O)[C@H]1CC[C@H]2[C@@H]3CCC4=C/C(=N\OCC(=O)NCc5ccncc5)CC[C@]4(C)[C@H]3CC[C@]12C. The third-order valence-electron chi connectivity index (χ3n) is 10.1. The summed E-state index contributed by atoms with van der Waals surface area (Å²) in [5, 5.41) is 7.18. The number of allylic oxidation sites excluding steroid dienone is 2. The van der Waals surface area contributed by atoms with E-state index in [0.717, 1.165) is 42.9 Å². The topological polar surface area (TPSA) is 80.6 Å². The van der Waals surface area contributed by atoms with Crippen LogP contribution in [0.15, 0.2) is 41.3 Å². The number of amides is 1. The number of nitrogens with zero attached hydrogens (tertiary/aromatic N) is 2. The van der Waals surface area contributed by atoms with Gasteiger partial charge in [-0.15, -0.1) is 0 Å². The van der Waals surface area contributed by atoms with Crippen molar-refractivity contribution < 1.29 is 14.4 Å². The fraction of sp³-hybridized carbons (Fsp3) is 0.655. The number of hydrogen-bond acceptors (Lipinski definition) is 5. The van der Waals surface area contributed by atoms with Crippen LogP contribution in [0.2, 0.25) is 0 Å². The van der Waals surface area contributed by atoms with Crippen molar-refractivity contribution in [3.05, 3.63) is 41.7 Å². The molecule has 1 aromatic heterocycles. The number of nitrogens with one attached hydrogen (secondary N) is 1. The minimum atomic E-state index is -0.175. The summed E-state index contributed by atoms with van der Waals surface area (Å²) < 4.78 is 0. The normalized spacial score (nSPS) is 37.0. The van der Waals surface area contributed by atoms with Crippen LogP contribution in [0.4, 0.5) is 0 Å². The smallest absolute Gasteiger partial charge is 0.261 e. The van der Waals surface area contributed by atoms with Crippen LogP contribution in [0.3, 0.4) is 0 Å². The maximum atomic E-state index is 12.4. The zero-order chi connectivity index (χ0) is 24.6. The number of carbonyl (C=O) groups excluding carboxylic acids is 2. The van der Waals surface area contributed by atoms with Gasteiger partial charge in [0.1, 0.15) is 5.78 Å². The van der Waals surface area contributed by atoms with E-state index in [-0.39, 0.29) is 29.3 Å². The third-order valence-corrected chi connectivity index (χ3v) is 10.1. The quantitative estimate of drug-likeness (QED) is 0.568. The van der Waals surface area contributed by atoms with Gasteiger partial charge in [-0.1, -0.05) is 24.6 Å². The first-order valence-electron chi connectivity index (χ1n) is 13.4. The van der Waals surface area contributed by atoms with Crippen LogP contribution < -0.4 is 5.32 Å². The molecule has 3 fully saturated rings. The number of rotatable bonds is 6. The molecule has 0 aliphatic heterocycles. The van der Waals surface area contributed by atoms with Crippen molar-refractivity contribution in [1.82, 2.24) is 10.3 Å². The highest BCUT2D eigenvalue weighted by atomic mass is 16.6. The summed E-state index contributed by atoms with van der Waals surface area (Å²) >= 11 is 0. The van der Waals surface area contributed by atoms with Gasteiger partial charge in [-0.05, 0) is 111 Å². The molecule has 6 heteroatoms. The van der Waals surface area contributed by atoms with Gasteiger partial charge in [0.2, 0.25) is 0 Å². The van der Waals surface area contributed by atoms with Crippen molar-refractivity contribution in [3.8, 4) is 0 Å². The Labute approximate surface area is 209 Å². The first kappa shape index (κ1) is 24.2. The molecule has 0 bridgehead atoms. The highest BCUT2D eigenvalue weighted by Crippen LogP contribution is 2.66. The fourth-order valence-corrected chi connectivity index (χ4v) is 8.24. The molecule has 6 nitrogen and oxygen atoms in total. The predicted octanol–water partition coefficient (Wildman–Crippen LogP) is 5.24. The summed E-state index contributed by atoms with van der Waals surface area (Å²) in [6.45, 7) is 7.08. The van der Waals surface area contributed by atoms with E-state index in [2.05, 4.69) is 35.4 Å². The molecular weight excluding hydrogens is 438 g/mol. The fourth-order valence-electron chi connectivity index (χ4n) is 8.24. The molecule has 1 heterocycles. The lowest BCUT2D eigenvalue weighted by molar-refractivity contribution is -0.128. The largest absolute Gasteiger partial charge is 0.385 e. The molecule has 35 heavy (non-hydrogen) atoms. The first-order chi connectivity index (χ1) is 16.8. The maximum Gasteiger partial charge on any atom is 0.261 e. The average molecular weight is 478 g/mol. The molecule has 0 radical (unpaired) electrons. The summed E-state index contributed by atoms with van der Waals surface area (Å²) in [5.41, 5.74) is 3.90. The van der Waals surface area contributed by atoms with Crippen molar-refractivity contribution in [1.29, 1.82) is 0 Å². The van der Waals surface area contributed by atoms with Crippen LogP contribution in [-0.4, -0.2) is 29.0 Å². The van der Waals surface area contributed by atoms with E-state index in [1.807, 2.05) is 19.1 Å². The Hall–Kier alpha value is -2.50. The Balaban J connectivity index is 1.20. The molecule has 0 saturated heterocycles. The van der Waals surface area contributed by atoms with E-state index in [9.17, 15) is 9.59 Å². The van der Waals surface area contributed by atoms with Crippen LogP contribution in [0, 0.1) is 34.5 Å².